The van der Waals surface area contributed by atoms with Gasteiger partial charge in [-0.3, -0.25) is 5.32 Å². The van der Waals surface area contributed by atoms with Crippen LogP contribution in [0, 0.1) is 0 Å². The molecule has 3 aromatic rings. The van der Waals surface area contributed by atoms with Crippen molar-refractivity contribution in [2.45, 2.75) is 5.92 Å². The smallest absolute Gasteiger partial charge is 0.411 e. The summed E-state index contributed by atoms with van der Waals surface area (Å²) in [5.41, 5.74) is 5.57. The van der Waals surface area contributed by atoms with E-state index in [1.807, 2.05) is 48.5 Å². The van der Waals surface area contributed by atoms with Crippen LogP contribution in [0.2, 0.25) is 0 Å². The lowest BCUT2D eigenvalue weighted by atomic mass is 9.98. The second kappa shape index (κ2) is 6.73. The van der Waals surface area contributed by atoms with Crippen molar-refractivity contribution in [2.75, 3.05) is 11.9 Å². The summed E-state index contributed by atoms with van der Waals surface area (Å²) in [5.74, 6) is 0.0723. The fourth-order valence-electron chi connectivity index (χ4n) is 3.29. The first-order chi connectivity index (χ1) is 12.2. The standard InChI is InChI=1S/C21H16BrNO2/c22-14-9-11-15(12-10-14)23-21(24)25-13-20-18-7-3-1-5-16(18)17-6-2-4-8-19(17)20/h1-12,20H,13H2,(H,23,24). The van der Waals surface area contributed by atoms with Crippen molar-refractivity contribution in [3.05, 3.63) is 88.4 Å². The first-order valence-electron chi connectivity index (χ1n) is 8.10. The van der Waals surface area contributed by atoms with Crippen LogP contribution >= 0.6 is 15.9 Å². The maximum atomic E-state index is 12.1. The van der Waals surface area contributed by atoms with Crippen molar-refractivity contribution in [1.82, 2.24) is 0 Å². The molecular formula is C21H16BrNO2. The van der Waals surface area contributed by atoms with Gasteiger partial charge in [0.05, 0.1) is 0 Å². The molecule has 0 aliphatic heterocycles. The van der Waals surface area contributed by atoms with Gasteiger partial charge in [-0.25, -0.2) is 4.79 Å². The summed E-state index contributed by atoms with van der Waals surface area (Å²) in [7, 11) is 0. The van der Waals surface area contributed by atoms with Crippen LogP contribution in [0.1, 0.15) is 17.0 Å². The van der Waals surface area contributed by atoms with Crippen LogP contribution in [-0.2, 0) is 4.74 Å². The first kappa shape index (κ1) is 15.9. The number of hydrogen-bond donors (Lipinski definition) is 1. The Labute approximate surface area is 154 Å². The number of amides is 1. The molecule has 1 aliphatic carbocycles. The minimum absolute atomic E-state index is 0.0723. The predicted molar refractivity (Wildman–Crippen MR) is 103 cm³/mol. The highest BCUT2D eigenvalue weighted by Crippen LogP contribution is 2.44. The molecule has 0 fully saturated rings. The lowest BCUT2D eigenvalue weighted by Crippen LogP contribution is -2.17. The van der Waals surface area contributed by atoms with E-state index in [9.17, 15) is 4.79 Å². The normalized spacial score (nSPS) is 12.4. The summed E-state index contributed by atoms with van der Waals surface area (Å²) in [4.78, 5) is 12.1. The van der Waals surface area contributed by atoms with E-state index in [4.69, 9.17) is 4.74 Å². The van der Waals surface area contributed by atoms with Crippen molar-refractivity contribution in [1.29, 1.82) is 0 Å². The van der Waals surface area contributed by atoms with E-state index in [0.717, 1.165) is 4.47 Å². The van der Waals surface area contributed by atoms with E-state index >= 15 is 0 Å². The monoisotopic (exact) mass is 393 g/mol. The zero-order valence-corrected chi connectivity index (χ0v) is 15.0. The molecular weight excluding hydrogens is 378 g/mol. The number of hydrogen-bond acceptors (Lipinski definition) is 2. The molecule has 0 atom stereocenters. The highest BCUT2D eigenvalue weighted by atomic mass is 79.9. The number of benzene rings is 3. The average Bonchev–Trinajstić information content (AvgIpc) is 2.96. The number of rotatable bonds is 3. The number of fused-ring (bicyclic) bond motifs is 3. The Morgan fingerprint density at radius 3 is 2.04 bits per heavy atom. The minimum atomic E-state index is -0.441. The highest BCUT2D eigenvalue weighted by Gasteiger charge is 2.28. The third-order valence-corrected chi connectivity index (χ3v) is 4.96. The largest absolute Gasteiger partial charge is 0.448 e. The number of carbonyl (C=O) groups is 1. The quantitative estimate of drug-likeness (QED) is 0.609. The lowest BCUT2D eigenvalue weighted by Gasteiger charge is -2.14. The van der Waals surface area contributed by atoms with Gasteiger partial charge in [-0.1, -0.05) is 64.5 Å². The SMILES string of the molecule is O=C(Nc1ccc(Br)cc1)OCC1c2ccccc2-c2ccccc21. The summed E-state index contributed by atoms with van der Waals surface area (Å²) in [6.45, 7) is 0.316. The molecule has 3 nitrogen and oxygen atoms in total. The zero-order chi connectivity index (χ0) is 17.2. The number of carbonyl (C=O) groups excluding carboxylic acids is 1. The van der Waals surface area contributed by atoms with Gasteiger partial charge in [0.2, 0.25) is 0 Å². The fraction of sp³-hybridized carbons (Fsp3) is 0.0952. The van der Waals surface area contributed by atoms with E-state index in [1.165, 1.54) is 22.3 Å². The lowest BCUT2D eigenvalue weighted by molar-refractivity contribution is 0.158. The molecule has 0 aromatic heterocycles. The molecule has 1 amide bonds. The van der Waals surface area contributed by atoms with Gasteiger partial charge in [0, 0.05) is 16.1 Å². The highest BCUT2D eigenvalue weighted by molar-refractivity contribution is 9.10. The zero-order valence-electron chi connectivity index (χ0n) is 13.4. The maximum Gasteiger partial charge on any atom is 0.411 e. The molecule has 25 heavy (non-hydrogen) atoms. The predicted octanol–water partition coefficient (Wildman–Crippen LogP) is 5.81. The van der Waals surface area contributed by atoms with Crippen molar-refractivity contribution in [2.24, 2.45) is 0 Å². The van der Waals surface area contributed by atoms with Crippen molar-refractivity contribution in [3.8, 4) is 11.1 Å². The van der Waals surface area contributed by atoms with Gasteiger partial charge in [-0.15, -0.1) is 0 Å². The van der Waals surface area contributed by atoms with Gasteiger partial charge >= 0.3 is 6.09 Å². The summed E-state index contributed by atoms with van der Waals surface area (Å²) >= 11 is 3.37. The Morgan fingerprint density at radius 1 is 0.880 bits per heavy atom. The number of ether oxygens (including phenoxy) is 1. The average molecular weight is 394 g/mol. The molecule has 0 saturated heterocycles. The fourth-order valence-corrected chi connectivity index (χ4v) is 3.55. The topological polar surface area (TPSA) is 38.3 Å². The van der Waals surface area contributed by atoms with Crippen LogP contribution in [0.4, 0.5) is 10.5 Å². The van der Waals surface area contributed by atoms with Crippen molar-refractivity contribution >= 4 is 27.7 Å². The van der Waals surface area contributed by atoms with E-state index in [0.29, 0.717) is 12.3 Å². The third kappa shape index (κ3) is 3.17. The Kier molecular flexibility index (Phi) is 4.28. The first-order valence-corrected chi connectivity index (χ1v) is 8.89. The summed E-state index contributed by atoms with van der Waals surface area (Å²) < 4.78 is 6.48. The third-order valence-electron chi connectivity index (χ3n) is 4.43. The molecule has 4 heteroatoms. The molecule has 0 unspecified atom stereocenters. The molecule has 0 heterocycles. The Balaban J connectivity index is 1.49. The number of nitrogens with one attached hydrogen (secondary N) is 1. The molecule has 4 rings (SSSR count). The maximum absolute atomic E-state index is 12.1. The van der Waals surface area contributed by atoms with Gasteiger partial charge in [0.1, 0.15) is 6.61 Å². The van der Waals surface area contributed by atoms with Crippen LogP contribution < -0.4 is 5.32 Å². The van der Waals surface area contributed by atoms with Crippen LogP contribution in [-0.4, -0.2) is 12.7 Å². The summed E-state index contributed by atoms with van der Waals surface area (Å²) in [6.07, 6.45) is -0.441. The van der Waals surface area contributed by atoms with Gasteiger partial charge < -0.3 is 4.74 Å². The minimum Gasteiger partial charge on any atom is -0.448 e. The van der Waals surface area contributed by atoms with Crippen LogP contribution in [0.5, 0.6) is 0 Å². The molecule has 1 N–H and O–H groups in total. The molecule has 3 aromatic carbocycles. The number of anilines is 1. The number of halogens is 1. The van der Waals surface area contributed by atoms with E-state index in [2.05, 4.69) is 45.5 Å². The van der Waals surface area contributed by atoms with Gasteiger partial charge in [-0.05, 0) is 46.5 Å². The van der Waals surface area contributed by atoms with Crippen molar-refractivity contribution < 1.29 is 9.53 Å². The molecule has 124 valence electrons. The van der Waals surface area contributed by atoms with E-state index < -0.39 is 6.09 Å². The Morgan fingerprint density at radius 2 is 1.44 bits per heavy atom. The van der Waals surface area contributed by atoms with E-state index in [-0.39, 0.29) is 5.92 Å². The molecule has 1 aliphatic rings. The molecule has 0 saturated carbocycles. The van der Waals surface area contributed by atoms with Crippen LogP contribution in [0.15, 0.2) is 77.3 Å². The van der Waals surface area contributed by atoms with Crippen molar-refractivity contribution in [3.63, 3.8) is 0 Å². The van der Waals surface area contributed by atoms with Gasteiger partial charge in [0.15, 0.2) is 0 Å². The molecule has 0 radical (unpaired) electrons. The van der Waals surface area contributed by atoms with Crippen LogP contribution in [0.25, 0.3) is 11.1 Å². The van der Waals surface area contributed by atoms with Gasteiger partial charge in [-0.2, -0.15) is 0 Å². The summed E-state index contributed by atoms with van der Waals surface area (Å²) in [5, 5.41) is 2.76. The second-order valence-electron chi connectivity index (χ2n) is 5.96. The van der Waals surface area contributed by atoms with E-state index in [1.54, 1.807) is 0 Å². The van der Waals surface area contributed by atoms with Gasteiger partial charge in [0.25, 0.3) is 0 Å². The Bertz CT molecular complexity index is 876. The second-order valence-corrected chi connectivity index (χ2v) is 6.87. The van der Waals surface area contributed by atoms with Crippen LogP contribution in [0.3, 0.4) is 0 Å². The Hall–Kier alpha value is -2.59. The summed E-state index contributed by atoms with van der Waals surface area (Å²) in [6, 6.07) is 24.0. The molecule has 0 spiro atoms. The molecule has 0 bridgehead atoms.